The number of rotatable bonds is 5. The highest BCUT2D eigenvalue weighted by Crippen LogP contribution is 2.22. The molecule has 0 unspecified atom stereocenters. The predicted molar refractivity (Wildman–Crippen MR) is 111 cm³/mol. The summed E-state index contributed by atoms with van der Waals surface area (Å²) in [5.41, 5.74) is 0.890. The summed E-state index contributed by atoms with van der Waals surface area (Å²) in [6, 6.07) is 22.6. The van der Waals surface area contributed by atoms with Gasteiger partial charge in [0, 0.05) is 12.0 Å². The van der Waals surface area contributed by atoms with Crippen LogP contribution in [0, 0.1) is 0 Å². The van der Waals surface area contributed by atoms with E-state index in [0.29, 0.717) is 5.56 Å². The van der Waals surface area contributed by atoms with Crippen LogP contribution in [0.4, 0.5) is 4.79 Å². The Hall–Kier alpha value is -3.14. The molecule has 0 aliphatic rings. The highest BCUT2D eigenvalue weighted by molar-refractivity contribution is 6.00. The number of fused-ring (bicyclic) bond motifs is 1. The molecule has 0 saturated heterocycles. The standard InChI is InChI=1S/C24H25NO3/c1-24(2,3)28-23(27)25-21(18-10-5-4-6-11-18)16-22(26)20-14-13-17-9-7-8-12-19(17)15-20/h4-15,21H,16H2,1-3H3,(H,25,27)/t21-/m1/s1. The lowest BCUT2D eigenvalue weighted by Gasteiger charge is -2.23. The zero-order valence-electron chi connectivity index (χ0n) is 16.4. The van der Waals surface area contributed by atoms with Crippen molar-refractivity contribution in [1.82, 2.24) is 5.32 Å². The molecule has 28 heavy (non-hydrogen) atoms. The molecule has 0 spiro atoms. The summed E-state index contributed by atoms with van der Waals surface area (Å²) in [6.45, 7) is 5.43. The van der Waals surface area contributed by atoms with E-state index in [9.17, 15) is 9.59 Å². The van der Waals surface area contributed by atoms with Crippen LogP contribution in [0.5, 0.6) is 0 Å². The Balaban J connectivity index is 1.81. The Labute approximate surface area is 165 Å². The normalized spacial score (nSPS) is 12.4. The Kier molecular flexibility index (Phi) is 5.78. The molecule has 4 nitrogen and oxygen atoms in total. The first-order valence-electron chi connectivity index (χ1n) is 9.38. The van der Waals surface area contributed by atoms with E-state index in [1.807, 2.05) is 93.6 Å². The Morgan fingerprint density at radius 1 is 0.893 bits per heavy atom. The first kappa shape index (κ1) is 19.6. The largest absolute Gasteiger partial charge is 0.444 e. The van der Waals surface area contributed by atoms with Gasteiger partial charge >= 0.3 is 6.09 Å². The van der Waals surface area contributed by atoms with Gasteiger partial charge in [0.1, 0.15) is 5.60 Å². The summed E-state index contributed by atoms with van der Waals surface area (Å²) >= 11 is 0. The predicted octanol–water partition coefficient (Wildman–Crippen LogP) is 5.68. The number of nitrogens with one attached hydrogen (secondary N) is 1. The summed E-state index contributed by atoms with van der Waals surface area (Å²) in [6.07, 6.45) is -0.380. The van der Waals surface area contributed by atoms with E-state index in [1.54, 1.807) is 0 Å². The number of amides is 1. The third kappa shape index (κ3) is 5.19. The van der Waals surface area contributed by atoms with Crippen LogP contribution in [-0.2, 0) is 4.74 Å². The van der Waals surface area contributed by atoms with Gasteiger partial charge in [-0.1, -0.05) is 66.7 Å². The van der Waals surface area contributed by atoms with Crippen LogP contribution in [0.2, 0.25) is 0 Å². The maximum atomic E-state index is 12.9. The molecular weight excluding hydrogens is 350 g/mol. The van der Waals surface area contributed by atoms with Gasteiger partial charge in [0.05, 0.1) is 6.04 Å². The lowest BCUT2D eigenvalue weighted by Crippen LogP contribution is -2.35. The van der Waals surface area contributed by atoms with Gasteiger partial charge in [-0.05, 0) is 43.2 Å². The van der Waals surface area contributed by atoms with Crippen LogP contribution in [0.15, 0.2) is 72.8 Å². The molecule has 0 saturated carbocycles. The van der Waals surface area contributed by atoms with E-state index in [-0.39, 0.29) is 12.2 Å². The van der Waals surface area contributed by atoms with Crippen molar-refractivity contribution in [3.8, 4) is 0 Å². The Morgan fingerprint density at radius 3 is 2.21 bits per heavy atom. The number of benzene rings is 3. The minimum absolute atomic E-state index is 0.0318. The van der Waals surface area contributed by atoms with Crippen molar-refractivity contribution in [3.63, 3.8) is 0 Å². The first-order chi connectivity index (χ1) is 13.3. The Morgan fingerprint density at radius 2 is 1.54 bits per heavy atom. The molecular formula is C24H25NO3. The maximum absolute atomic E-state index is 12.9. The van der Waals surface area contributed by atoms with E-state index in [2.05, 4.69) is 5.32 Å². The van der Waals surface area contributed by atoms with Gasteiger partial charge in [-0.25, -0.2) is 4.79 Å². The monoisotopic (exact) mass is 375 g/mol. The molecule has 0 aromatic heterocycles. The van der Waals surface area contributed by atoms with Crippen LogP contribution in [0.25, 0.3) is 10.8 Å². The molecule has 4 heteroatoms. The molecule has 0 aliphatic carbocycles. The molecule has 0 radical (unpaired) electrons. The number of carbonyl (C=O) groups is 2. The minimum Gasteiger partial charge on any atom is -0.444 e. The second-order valence-corrected chi connectivity index (χ2v) is 7.80. The molecule has 0 aliphatic heterocycles. The smallest absolute Gasteiger partial charge is 0.408 e. The SMILES string of the molecule is CC(C)(C)OC(=O)N[C@H](CC(=O)c1ccc2ccccc2c1)c1ccccc1. The molecule has 0 heterocycles. The lowest BCUT2D eigenvalue weighted by atomic mass is 9.96. The van der Waals surface area contributed by atoms with Crippen molar-refractivity contribution in [2.45, 2.75) is 38.8 Å². The zero-order chi connectivity index (χ0) is 20.1. The topological polar surface area (TPSA) is 55.4 Å². The van der Waals surface area contributed by atoms with E-state index >= 15 is 0 Å². The third-order valence-electron chi connectivity index (χ3n) is 4.35. The van der Waals surface area contributed by atoms with Gasteiger partial charge in [-0.15, -0.1) is 0 Å². The molecule has 0 fully saturated rings. The Bertz CT molecular complexity index is 974. The molecule has 1 atom stereocenters. The molecule has 3 rings (SSSR count). The second kappa shape index (κ2) is 8.26. The lowest BCUT2D eigenvalue weighted by molar-refractivity contribution is 0.0501. The van der Waals surface area contributed by atoms with Gasteiger partial charge in [-0.2, -0.15) is 0 Å². The fourth-order valence-corrected chi connectivity index (χ4v) is 3.05. The highest BCUT2D eigenvalue weighted by Gasteiger charge is 2.23. The fraction of sp³-hybridized carbons (Fsp3) is 0.250. The van der Waals surface area contributed by atoms with Crippen LogP contribution < -0.4 is 5.32 Å². The second-order valence-electron chi connectivity index (χ2n) is 7.80. The number of Topliss-reactive ketones (excluding diaryl/α,β-unsaturated/α-hetero) is 1. The molecule has 1 N–H and O–H groups in total. The summed E-state index contributed by atoms with van der Waals surface area (Å²) in [5, 5.41) is 4.95. The maximum Gasteiger partial charge on any atom is 0.408 e. The summed E-state index contributed by atoms with van der Waals surface area (Å²) in [7, 11) is 0. The highest BCUT2D eigenvalue weighted by atomic mass is 16.6. The molecule has 144 valence electrons. The van der Waals surface area contributed by atoms with Crippen LogP contribution >= 0.6 is 0 Å². The van der Waals surface area contributed by atoms with E-state index < -0.39 is 17.7 Å². The van der Waals surface area contributed by atoms with E-state index in [0.717, 1.165) is 16.3 Å². The average molecular weight is 375 g/mol. The first-order valence-corrected chi connectivity index (χ1v) is 9.38. The molecule has 1 amide bonds. The summed E-state index contributed by atoms with van der Waals surface area (Å²) in [4.78, 5) is 25.2. The van der Waals surface area contributed by atoms with Gasteiger partial charge < -0.3 is 10.1 Å². The number of ketones is 1. The number of hydrogen-bond acceptors (Lipinski definition) is 3. The van der Waals surface area contributed by atoms with Gasteiger partial charge in [-0.3, -0.25) is 4.79 Å². The molecule has 3 aromatic carbocycles. The number of alkyl carbamates (subject to hydrolysis) is 1. The minimum atomic E-state index is -0.603. The van der Waals surface area contributed by atoms with Crippen LogP contribution in [-0.4, -0.2) is 17.5 Å². The van der Waals surface area contributed by atoms with Crippen molar-refractivity contribution in [2.24, 2.45) is 0 Å². The van der Waals surface area contributed by atoms with Crippen molar-refractivity contribution >= 4 is 22.6 Å². The average Bonchev–Trinajstić information content (AvgIpc) is 2.66. The van der Waals surface area contributed by atoms with Crippen molar-refractivity contribution in [3.05, 3.63) is 83.9 Å². The summed E-state index contributed by atoms with van der Waals surface area (Å²) in [5.74, 6) is -0.0318. The van der Waals surface area contributed by atoms with E-state index in [4.69, 9.17) is 4.74 Å². The molecule has 3 aromatic rings. The number of hydrogen-bond donors (Lipinski definition) is 1. The summed E-state index contributed by atoms with van der Waals surface area (Å²) < 4.78 is 5.37. The fourth-order valence-electron chi connectivity index (χ4n) is 3.05. The van der Waals surface area contributed by atoms with Gasteiger partial charge in [0.25, 0.3) is 0 Å². The zero-order valence-corrected chi connectivity index (χ0v) is 16.4. The number of carbonyl (C=O) groups excluding carboxylic acids is 2. The number of ether oxygens (including phenoxy) is 1. The van der Waals surface area contributed by atoms with Crippen molar-refractivity contribution in [1.29, 1.82) is 0 Å². The van der Waals surface area contributed by atoms with Gasteiger partial charge in [0.2, 0.25) is 0 Å². The van der Waals surface area contributed by atoms with E-state index in [1.165, 1.54) is 0 Å². The van der Waals surface area contributed by atoms with Crippen molar-refractivity contribution in [2.75, 3.05) is 0 Å². The van der Waals surface area contributed by atoms with Crippen LogP contribution in [0.3, 0.4) is 0 Å². The third-order valence-corrected chi connectivity index (χ3v) is 4.35. The van der Waals surface area contributed by atoms with Crippen molar-refractivity contribution < 1.29 is 14.3 Å². The van der Waals surface area contributed by atoms with Gasteiger partial charge in [0.15, 0.2) is 5.78 Å². The quantitative estimate of drug-likeness (QED) is 0.584. The van der Waals surface area contributed by atoms with Crippen LogP contribution in [0.1, 0.15) is 49.2 Å². The molecule has 0 bridgehead atoms.